The summed E-state index contributed by atoms with van der Waals surface area (Å²) in [6.45, 7) is 5.49. The molecule has 1 aliphatic rings. The van der Waals surface area contributed by atoms with Crippen LogP contribution in [0, 0.1) is 22.5 Å². The molecule has 0 bridgehead atoms. The lowest BCUT2D eigenvalue weighted by Crippen LogP contribution is -2.45. The SMILES string of the molecule is Cc1cccc([N+](=O)[O-])c1S(=O)(=O)NCC1(C)CCCNC1. The second-order valence-corrected chi connectivity index (χ2v) is 7.80. The molecule has 1 atom stereocenters. The van der Waals surface area contributed by atoms with E-state index in [1.54, 1.807) is 13.0 Å². The summed E-state index contributed by atoms with van der Waals surface area (Å²) >= 11 is 0. The summed E-state index contributed by atoms with van der Waals surface area (Å²) in [7, 11) is -3.92. The first kappa shape index (κ1) is 16.9. The van der Waals surface area contributed by atoms with Crippen molar-refractivity contribution in [3.63, 3.8) is 0 Å². The van der Waals surface area contributed by atoms with E-state index in [0.29, 0.717) is 5.56 Å². The van der Waals surface area contributed by atoms with Crippen LogP contribution in [-0.2, 0) is 10.0 Å². The molecule has 2 N–H and O–H groups in total. The van der Waals surface area contributed by atoms with Gasteiger partial charge in [-0.05, 0) is 37.3 Å². The lowest BCUT2D eigenvalue weighted by Gasteiger charge is -2.34. The molecule has 0 aliphatic carbocycles. The maximum Gasteiger partial charge on any atom is 0.289 e. The lowest BCUT2D eigenvalue weighted by atomic mass is 9.83. The van der Waals surface area contributed by atoms with Crippen LogP contribution in [0.5, 0.6) is 0 Å². The molecule has 1 heterocycles. The van der Waals surface area contributed by atoms with E-state index < -0.39 is 14.9 Å². The van der Waals surface area contributed by atoms with Crippen molar-refractivity contribution in [3.8, 4) is 0 Å². The molecule has 0 amide bonds. The van der Waals surface area contributed by atoms with Crippen LogP contribution in [0.4, 0.5) is 5.69 Å². The molecule has 0 aromatic heterocycles. The Morgan fingerprint density at radius 3 is 2.77 bits per heavy atom. The van der Waals surface area contributed by atoms with Gasteiger partial charge in [0.2, 0.25) is 10.0 Å². The van der Waals surface area contributed by atoms with Gasteiger partial charge in [0.25, 0.3) is 5.69 Å². The van der Waals surface area contributed by atoms with Gasteiger partial charge in [-0.15, -0.1) is 0 Å². The summed E-state index contributed by atoms with van der Waals surface area (Å²) in [4.78, 5) is 10.2. The number of sulfonamides is 1. The van der Waals surface area contributed by atoms with Crippen LogP contribution in [-0.4, -0.2) is 33.0 Å². The van der Waals surface area contributed by atoms with Crippen LogP contribution in [0.2, 0.25) is 0 Å². The molecular formula is C14H21N3O4S. The highest BCUT2D eigenvalue weighted by Crippen LogP contribution is 2.29. The van der Waals surface area contributed by atoms with Crippen molar-refractivity contribution in [3.05, 3.63) is 33.9 Å². The van der Waals surface area contributed by atoms with Crippen molar-refractivity contribution < 1.29 is 13.3 Å². The van der Waals surface area contributed by atoms with Gasteiger partial charge in [0.1, 0.15) is 0 Å². The lowest BCUT2D eigenvalue weighted by molar-refractivity contribution is -0.387. The number of nitro benzene ring substituents is 1. The second kappa shape index (κ2) is 6.31. The number of aryl methyl sites for hydroxylation is 1. The standard InChI is InChI=1S/C14H21N3O4S/c1-11-5-3-6-12(17(18)19)13(11)22(20,21)16-10-14(2)7-4-8-15-9-14/h3,5-6,15-16H,4,7-10H2,1-2H3. The molecule has 1 aromatic carbocycles. The Hall–Kier alpha value is -1.51. The van der Waals surface area contributed by atoms with Gasteiger partial charge in [-0.3, -0.25) is 10.1 Å². The molecule has 7 nitrogen and oxygen atoms in total. The van der Waals surface area contributed by atoms with E-state index >= 15 is 0 Å². The van der Waals surface area contributed by atoms with Crippen LogP contribution in [0.1, 0.15) is 25.3 Å². The van der Waals surface area contributed by atoms with E-state index in [2.05, 4.69) is 10.0 Å². The number of piperidine rings is 1. The third kappa shape index (κ3) is 3.63. The van der Waals surface area contributed by atoms with Gasteiger partial charge in [0.05, 0.1) is 4.92 Å². The van der Waals surface area contributed by atoms with E-state index in [9.17, 15) is 18.5 Å². The van der Waals surface area contributed by atoms with E-state index in [-0.39, 0.29) is 22.5 Å². The van der Waals surface area contributed by atoms with E-state index in [1.165, 1.54) is 12.1 Å². The minimum atomic E-state index is -3.92. The fourth-order valence-electron chi connectivity index (χ4n) is 2.74. The molecule has 122 valence electrons. The predicted molar refractivity (Wildman–Crippen MR) is 83.2 cm³/mol. The minimum absolute atomic E-state index is 0.178. The Kier molecular flexibility index (Phi) is 4.84. The Balaban J connectivity index is 2.26. The highest BCUT2D eigenvalue weighted by Gasteiger charge is 2.32. The first-order chi connectivity index (χ1) is 10.3. The van der Waals surface area contributed by atoms with Gasteiger partial charge in [0.15, 0.2) is 4.90 Å². The molecule has 22 heavy (non-hydrogen) atoms. The number of rotatable bonds is 5. The number of benzene rings is 1. The molecule has 0 spiro atoms. The van der Waals surface area contributed by atoms with Crippen molar-refractivity contribution in [2.75, 3.05) is 19.6 Å². The predicted octanol–water partition coefficient (Wildman–Crippen LogP) is 1.57. The maximum atomic E-state index is 12.5. The average Bonchev–Trinajstić information content (AvgIpc) is 2.46. The molecule has 2 rings (SSSR count). The number of nitro groups is 1. The zero-order chi connectivity index (χ0) is 16.4. The summed E-state index contributed by atoms with van der Waals surface area (Å²) in [5.74, 6) is 0. The highest BCUT2D eigenvalue weighted by molar-refractivity contribution is 7.89. The van der Waals surface area contributed by atoms with Crippen molar-refractivity contribution in [1.29, 1.82) is 0 Å². The van der Waals surface area contributed by atoms with Gasteiger partial charge in [-0.1, -0.05) is 19.1 Å². The zero-order valence-electron chi connectivity index (χ0n) is 12.8. The maximum absolute atomic E-state index is 12.5. The van der Waals surface area contributed by atoms with Crippen molar-refractivity contribution in [2.24, 2.45) is 5.41 Å². The number of hydrogen-bond acceptors (Lipinski definition) is 5. The third-order valence-electron chi connectivity index (χ3n) is 4.03. The van der Waals surface area contributed by atoms with Crippen LogP contribution in [0.15, 0.2) is 23.1 Å². The monoisotopic (exact) mass is 327 g/mol. The first-order valence-corrected chi connectivity index (χ1v) is 8.68. The Morgan fingerprint density at radius 1 is 1.45 bits per heavy atom. The van der Waals surface area contributed by atoms with E-state index in [4.69, 9.17) is 0 Å². The Bertz CT molecular complexity index is 667. The zero-order valence-corrected chi connectivity index (χ0v) is 13.6. The molecule has 0 saturated carbocycles. The Morgan fingerprint density at radius 2 is 2.18 bits per heavy atom. The largest absolute Gasteiger partial charge is 0.316 e. The number of nitrogens with zero attached hydrogens (tertiary/aromatic N) is 1. The topological polar surface area (TPSA) is 101 Å². The van der Waals surface area contributed by atoms with Gasteiger partial charge in [-0.2, -0.15) is 0 Å². The number of nitrogens with one attached hydrogen (secondary N) is 2. The quantitative estimate of drug-likeness (QED) is 0.631. The smallest absolute Gasteiger partial charge is 0.289 e. The second-order valence-electron chi connectivity index (χ2n) is 6.10. The van der Waals surface area contributed by atoms with Crippen molar-refractivity contribution in [1.82, 2.24) is 10.0 Å². The van der Waals surface area contributed by atoms with Gasteiger partial charge in [-0.25, -0.2) is 13.1 Å². The van der Waals surface area contributed by atoms with Gasteiger partial charge < -0.3 is 5.32 Å². The fraction of sp³-hybridized carbons (Fsp3) is 0.571. The summed E-state index contributed by atoms with van der Waals surface area (Å²) in [6, 6.07) is 4.26. The molecule has 1 aliphatic heterocycles. The van der Waals surface area contributed by atoms with Crippen molar-refractivity contribution in [2.45, 2.75) is 31.6 Å². The molecule has 1 aromatic rings. The van der Waals surface area contributed by atoms with Crippen LogP contribution in [0.3, 0.4) is 0 Å². The highest BCUT2D eigenvalue weighted by atomic mass is 32.2. The van der Waals surface area contributed by atoms with Gasteiger partial charge >= 0.3 is 0 Å². The third-order valence-corrected chi connectivity index (χ3v) is 5.62. The van der Waals surface area contributed by atoms with Crippen molar-refractivity contribution >= 4 is 15.7 Å². The molecule has 8 heteroatoms. The first-order valence-electron chi connectivity index (χ1n) is 7.20. The normalized spacial score (nSPS) is 22.5. The summed E-state index contributed by atoms with van der Waals surface area (Å²) < 4.78 is 27.6. The molecule has 1 saturated heterocycles. The molecule has 0 radical (unpaired) electrons. The molecule has 1 fully saturated rings. The average molecular weight is 327 g/mol. The Labute approximate surface area is 130 Å². The summed E-state index contributed by atoms with van der Waals surface area (Å²) in [5.41, 5.74) is -0.198. The summed E-state index contributed by atoms with van der Waals surface area (Å²) in [6.07, 6.45) is 1.90. The number of hydrogen-bond donors (Lipinski definition) is 2. The molecular weight excluding hydrogens is 306 g/mol. The van der Waals surface area contributed by atoms with E-state index in [0.717, 1.165) is 25.9 Å². The fourth-order valence-corrected chi connectivity index (χ4v) is 4.33. The van der Waals surface area contributed by atoms with Gasteiger partial charge in [0, 0.05) is 19.2 Å². The summed E-state index contributed by atoms with van der Waals surface area (Å²) in [5, 5.41) is 14.3. The molecule has 1 unspecified atom stereocenters. The van der Waals surface area contributed by atoms with E-state index in [1.807, 2.05) is 6.92 Å². The minimum Gasteiger partial charge on any atom is -0.316 e. The van der Waals surface area contributed by atoms with Crippen LogP contribution in [0.25, 0.3) is 0 Å². The van der Waals surface area contributed by atoms with Crippen LogP contribution >= 0.6 is 0 Å². The van der Waals surface area contributed by atoms with Crippen LogP contribution < -0.4 is 10.0 Å².